The van der Waals surface area contributed by atoms with E-state index in [9.17, 15) is 5.11 Å². The number of rotatable bonds is 5. The van der Waals surface area contributed by atoms with Crippen LogP contribution in [0.4, 0.5) is 0 Å². The van der Waals surface area contributed by atoms with Crippen molar-refractivity contribution < 1.29 is 9.84 Å². The molecule has 1 aromatic heterocycles. The van der Waals surface area contributed by atoms with E-state index >= 15 is 0 Å². The van der Waals surface area contributed by atoms with Crippen LogP contribution in [0.1, 0.15) is 25.3 Å². The van der Waals surface area contributed by atoms with Crippen molar-refractivity contribution in [2.75, 3.05) is 13.2 Å². The van der Waals surface area contributed by atoms with E-state index in [2.05, 4.69) is 15.2 Å². The fraction of sp³-hybridized carbons (Fsp3) is 0.714. The number of ether oxygens (including phenoxy) is 1. The first-order chi connectivity index (χ1) is 5.84. The van der Waals surface area contributed by atoms with Crippen molar-refractivity contribution in [2.45, 2.75) is 19.4 Å². The molecule has 12 heavy (non-hydrogen) atoms. The smallest absolute Gasteiger partial charge is 0.155 e. The maximum Gasteiger partial charge on any atom is 0.155 e. The van der Waals surface area contributed by atoms with Gasteiger partial charge in [0.1, 0.15) is 12.4 Å². The molecule has 5 nitrogen and oxygen atoms in total. The molecule has 5 heteroatoms. The van der Waals surface area contributed by atoms with Crippen LogP contribution in [-0.2, 0) is 4.74 Å². The Balaban J connectivity index is 2.25. The van der Waals surface area contributed by atoms with Gasteiger partial charge in [0.05, 0.1) is 6.61 Å². The van der Waals surface area contributed by atoms with Crippen LogP contribution >= 0.6 is 0 Å². The van der Waals surface area contributed by atoms with Crippen LogP contribution < -0.4 is 0 Å². The van der Waals surface area contributed by atoms with Crippen molar-refractivity contribution >= 4 is 0 Å². The van der Waals surface area contributed by atoms with E-state index in [0.29, 0.717) is 12.4 Å². The molecule has 0 saturated carbocycles. The fourth-order valence-corrected chi connectivity index (χ4v) is 0.794. The molecule has 0 fully saturated rings. The molecule has 0 bridgehead atoms. The number of H-pyrrole nitrogens is 1. The van der Waals surface area contributed by atoms with Crippen LogP contribution in [0.2, 0.25) is 0 Å². The molecule has 0 saturated heterocycles. The van der Waals surface area contributed by atoms with Gasteiger partial charge < -0.3 is 9.84 Å². The molecule has 0 aliphatic carbocycles. The quantitative estimate of drug-likeness (QED) is 0.623. The Labute approximate surface area is 70.8 Å². The highest BCUT2D eigenvalue weighted by Crippen LogP contribution is 2.05. The summed E-state index contributed by atoms with van der Waals surface area (Å²) in [4.78, 5) is 3.80. The molecule has 1 atom stereocenters. The van der Waals surface area contributed by atoms with Crippen molar-refractivity contribution in [3.8, 4) is 0 Å². The van der Waals surface area contributed by atoms with Gasteiger partial charge in [0.2, 0.25) is 0 Å². The summed E-state index contributed by atoms with van der Waals surface area (Å²) in [6.45, 7) is 2.94. The van der Waals surface area contributed by atoms with E-state index in [1.807, 2.05) is 6.92 Å². The Morgan fingerprint density at radius 1 is 1.75 bits per heavy atom. The van der Waals surface area contributed by atoms with Gasteiger partial charge in [0, 0.05) is 6.61 Å². The summed E-state index contributed by atoms with van der Waals surface area (Å²) >= 11 is 0. The molecule has 0 amide bonds. The molecule has 2 N–H and O–H groups in total. The summed E-state index contributed by atoms with van der Waals surface area (Å²) in [5, 5.41) is 15.6. The van der Waals surface area contributed by atoms with Crippen LogP contribution in [0.5, 0.6) is 0 Å². The van der Waals surface area contributed by atoms with Crippen LogP contribution in [0.3, 0.4) is 0 Å². The molecule has 0 radical (unpaired) electrons. The lowest BCUT2D eigenvalue weighted by Crippen LogP contribution is -2.09. The molecule has 1 heterocycles. The third-order valence-electron chi connectivity index (χ3n) is 1.37. The predicted molar refractivity (Wildman–Crippen MR) is 42.5 cm³/mol. The van der Waals surface area contributed by atoms with Crippen molar-refractivity contribution in [3.63, 3.8) is 0 Å². The molecule has 0 aliphatic rings. The summed E-state index contributed by atoms with van der Waals surface area (Å²) < 4.78 is 5.13. The highest BCUT2D eigenvalue weighted by Gasteiger charge is 2.09. The van der Waals surface area contributed by atoms with Gasteiger partial charge in [-0.25, -0.2) is 4.98 Å². The molecular formula is C7H13N3O2. The van der Waals surface area contributed by atoms with Crippen LogP contribution in [-0.4, -0.2) is 33.5 Å². The second-order valence-electron chi connectivity index (χ2n) is 2.46. The lowest BCUT2D eigenvalue weighted by molar-refractivity contribution is 0.0321. The van der Waals surface area contributed by atoms with Crippen LogP contribution in [0.15, 0.2) is 6.33 Å². The highest BCUT2D eigenvalue weighted by atomic mass is 16.5. The van der Waals surface area contributed by atoms with E-state index in [0.717, 1.165) is 6.42 Å². The normalized spacial score (nSPS) is 13.2. The van der Waals surface area contributed by atoms with Crippen molar-refractivity contribution in [3.05, 3.63) is 12.2 Å². The molecule has 1 aromatic rings. The maximum atomic E-state index is 9.38. The predicted octanol–water partition coefficient (Wildman–Crippen LogP) is 0.265. The Bertz CT molecular complexity index is 200. The standard InChI is InChI=1S/C7H13N3O2/c1-2-3-12-4-6(11)7-8-5-9-10-7/h5-6,11H,2-4H2,1H3,(H,8,9,10). The van der Waals surface area contributed by atoms with Gasteiger partial charge in [-0.15, -0.1) is 0 Å². The topological polar surface area (TPSA) is 71.0 Å². The lowest BCUT2D eigenvalue weighted by Gasteiger charge is -2.06. The first-order valence-electron chi connectivity index (χ1n) is 3.95. The first kappa shape index (κ1) is 9.15. The number of nitrogens with one attached hydrogen (secondary N) is 1. The van der Waals surface area contributed by atoms with Crippen LogP contribution in [0, 0.1) is 0 Å². The summed E-state index contributed by atoms with van der Waals surface area (Å²) in [5.74, 6) is 0.450. The van der Waals surface area contributed by atoms with Gasteiger partial charge in [0.15, 0.2) is 5.82 Å². The maximum absolute atomic E-state index is 9.38. The zero-order valence-electron chi connectivity index (χ0n) is 7.03. The Morgan fingerprint density at radius 3 is 3.17 bits per heavy atom. The third-order valence-corrected chi connectivity index (χ3v) is 1.37. The monoisotopic (exact) mass is 171 g/mol. The molecule has 1 unspecified atom stereocenters. The van der Waals surface area contributed by atoms with Gasteiger partial charge >= 0.3 is 0 Å². The number of aromatic amines is 1. The number of aromatic nitrogens is 3. The zero-order chi connectivity index (χ0) is 8.81. The molecular weight excluding hydrogens is 158 g/mol. The van der Waals surface area contributed by atoms with E-state index in [1.54, 1.807) is 0 Å². The largest absolute Gasteiger partial charge is 0.383 e. The summed E-state index contributed by atoms with van der Waals surface area (Å²) in [6, 6.07) is 0. The summed E-state index contributed by atoms with van der Waals surface area (Å²) in [7, 11) is 0. The number of aliphatic hydroxyl groups excluding tert-OH is 1. The number of nitrogens with zero attached hydrogens (tertiary/aromatic N) is 2. The van der Waals surface area contributed by atoms with Crippen LogP contribution in [0.25, 0.3) is 0 Å². The Kier molecular flexibility index (Phi) is 3.69. The van der Waals surface area contributed by atoms with Crippen molar-refractivity contribution in [2.24, 2.45) is 0 Å². The van der Waals surface area contributed by atoms with Gasteiger partial charge in [0.25, 0.3) is 0 Å². The van der Waals surface area contributed by atoms with E-state index in [1.165, 1.54) is 6.33 Å². The fourth-order valence-electron chi connectivity index (χ4n) is 0.794. The lowest BCUT2D eigenvalue weighted by atomic mass is 10.3. The number of hydrogen-bond acceptors (Lipinski definition) is 4. The average Bonchev–Trinajstić information content (AvgIpc) is 2.56. The van der Waals surface area contributed by atoms with Gasteiger partial charge in [-0.05, 0) is 6.42 Å². The number of hydrogen-bond donors (Lipinski definition) is 2. The second kappa shape index (κ2) is 4.84. The molecule has 68 valence electrons. The number of aliphatic hydroxyl groups is 1. The first-order valence-corrected chi connectivity index (χ1v) is 3.95. The highest BCUT2D eigenvalue weighted by molar-refractivity contribution is 4.85. The molecule has 0 spiro atoms. The van der Waals surface area contributed by atoms with Gasteiger partial charge in [-0.1, -0.05) is 6.92 Å². The average molecular weight is 171 g/mol. The Hall–Kier alpha value is -0.940. The molecule has 1 rings (SSSR count). The summed E-state index contributed by atoms with van der Waals surface area (Å²) in [6.07, 6.45) is 1.61. The van der Waals surface area contributed by atoms with E-state index in [4.69, 9.17) is 4.74 Å². The van der Waals surface area contributed by atoms with E-state index < -0.39 is 6.10 Å². The molecule has 0 aliphatic heterocycles. The zero-order valence-corrected chi connectivity index (χ0v) is 7.03. The van der Waals surface area contributed by atoms with E-state index in [-0.39, 0.29) is 6.61 Å². The minimum Gasteiger partial charge on any atom is -0.383 e. The minimum absolute atomic E-state index is 0.267. The second-order valence-corrected chi connectivity index (χ2v) is 2.46. The Morgan fingerprint density at radius 2 is 2.58 bits per heavy atom. The summed E-state index contributed by atoms with van der Waals surface area (Å²) in [5.41, 5.74) is 0. The minimum atomic E-state index is -0.695. The van der Waals surface area contributed by atoms with Gasteiger partial charge in [-0.2, -0.15) is 5.10 Å². The van der Waals surface area contributed by atoms with Crippen molar-refractivity contribution in [1.29, 1.82) is 0 Å². The molecule has 0 aromatic carbocycles. The van der Waals surface area contributed by atoms with Gasteiger partial charge in [-0.3, -0.25) is 5.10 Å². The van der Waals surface area contributed by atoms with Crippen molar-refractivity contribution in [1.82, 2.24) is 15.2 Å². The SMILES string of the molecule is CCCOCC(O)c1ncn[nH]1. The third kappa shape index (κ3) is 2.60.